The number of sulfonamides is 1. The van der Waals surface area contributed by atoms with Gasteiger partial charge in [-0.1, -0.05) is 13.8 Å². The van der Waals surface area contributed by atoms with E-state index in [4.69, 9.17) is 4.74 Å². The normalized spacial score (nSPS) is 17.2. The minimum absolute atomic E-state index is 0.198. The summed E-state index contributed by atoms with van der Waals surface area (Å²) in [5.41, 5.74) is 0.532. The van der Waals surface area contributed by atoms with Crippen LogP contribution < -0.4 is 14.8 Å². The van der Waals surface area contributed by atoms with E-state index in [1.165, 1.54) is 7.05 Å². The van der Waals surface area contributed by atoms with Gasteiger partial charge in [0.2, 0.25) is 10.0 Å². The van der Waals surface area contributed by atoms with Crippen LogP contribution in [0.25, 0.3) is 0 Å². The summed E-state index contributed by atoms with van der Waals surface area (Å²) < 4.78 is 31.8. The lowest BCUT2D eigenvalue weighted by Crippen LogP contribution is -2.44. The predicted octanol–water partition coefficient (Wildman–Crippen LogP) is 1.96. The highest BCUT2D eigenvalue weighted by Gasteiger charge is 2.33. The van der Waals surface area contributed by atoms with Crippen molar-refractivity contribution in [3.05, 3.63) is 18.2 Å². The molecule has 5 nitrogen and oxygen atoms in total. The molecule has 0 atom stereocenters. The second kappa shape index (κ2) is 5.02. The summed E-state index contributed by atoms with van der Waals surface area (Å²) in [6, 6.07) is 4.88. The van der Waals surface area contributed by atoms with Crippen LogP contribution in [-0.4, -0.2) is 27.6 Å². The first-order chi connectivity index (χ1) is 8.96. The molecular formula is C13H20N2O3S. The largest absolute Gasteiger partial charge is 0.483 e. The van der Waals surface area contributed by atoms with Gasteiger partial charge >= 0.3 is 0 Å². The van der Waals surface area contributed by atoms with E-state index in [0.717, 1.165) is 18.5 Å². The summed E-state index contributed by atoms with van der Waals surface area (Å²) in [6.45, 7) is 4.88. The Balaban J connectivity index is 2.36. The number of anilines is 1. The Morgan fingerprint density at radius 3 is 2.63 bits per heavy atom. The minimum atomic E-state index is -3.42. The zero-order chi connectivity index (χ0) is 14.1. The van der Waals surface area contributed by atoms with E-state index < -0.39 is 10.0 Å². The van der Waals surface area contributed by atoms with Gasteiger partial charge in [0.25, 0.3) is 0 Å². The highest BCUT2D eigenvalue weighted by molar-refractivity contribution is 7.89. The highest BCUT2D eigenvalue weighted by Crippen LogP contribution is 2.37. The van der Waals surface area contributed by atoms with Crippen molar-refractivity contribution < 1.29 is 13.2 Å². The molecular weight excluding hydrogens is 264 g/mol. The fourth-order valence-corrected chi connectivity index (χ4v) is 2.95. The van der Waals surface area contributed by atoms with E-state index >= 15 is 0 Å². The molecule has 0 spiro atoms. The second-order valence-corrected chi connectivity index (χ2v) is 6.60. The third-order valence-electron chi connectivity index (χ3n) is 3.75. The Labute approximate surface area is 114 Å². The van der Waals surface area contributed by atoms with Crippen molar-refractivity contribution >= 4 is 15.7 Å². The monoisotopic (exact) mass is 284 g/mol. The molecule has 0 fully saturated rings. The van der Waals surface area contributed by atoms with Gasteiger partial charge in [-0.05, 0) is 38.1 Å². The number of nitrogens with one attached hydrogen (secondary N) is 2. The standard InChI is InChI=1S/C13H20N2O3S/c1-4-13(5-2)9-15-11-8-10(19(16,17)14-3)6-7-12(11)18-13/h6-8,14-15H,4-5,9H2,1-3H3. The van der Waals surface area contributed by atoms with E-state index in [2.05, 4.69) is 23.9 Å². The van der Waals surface area contributed by atoms with Crippen molar-refractivity contribution in [2.24, 2.45) is 0 Å². The van der Waals surface area contributed by atoms with Gasteiger partial charge in [-0.3, -0.25) is 0 Å². The Bertz CT molecular complexity index is 565. The van der Waals surface area contributed by atoms with Crippen molar-refractivity contribution in [3.8, 4) is 5.75 Å². The van der Waals surface area contributed by atoms with Crippen LogP contribution in [0.3, 0.4) is 0 Å². The van der Waals surface area contributed by atoms with Gasteiger partial charge in [-0.25, -0.2) is 13.1 Å². The Kier molecular flexibility index (Phi) is 3.73. The van der Waals surface area contributed by atoms with Crippen LogP contribution in [-0.2, 0) is 10.0 Å². The van der Waals surface area contributed by atoms with Gasteiger partial charge in [0.15, 0.2) is 0 Å². The molecule has 1 aliphatic rings. The average Bonchev–Trinajstić information content (AvgIpc) is 2.46. The van der Waals surface area contributed by atoms with Crippen LogP contribution in [0.15, 0.2) is 23.1 Å². The first-order valence-electron chi connectivity index (χ1n) is 6.47. The van der Waals surface area contributed by atoms with Gasteiger partial charge in [-0.2, -0.15) is 0 Å². The zero-order valence-electron chi connectivity index (χ0n) is 11.5. The topological polar surface area (TPSA) is 67.4 Å². The lowest BCUT2D eigenvalue weighted by Gasteiger charge is -2.38. The van der Waals surface area contributed by atoms with Crippen LogP contribution in [0.1, 0.15) is 26.7 Å². The first-order valence-corrected chi connectivity index (χ1v) is 7.95. The van der Waals surface area contributed by atoms with Gasteiger partial charge in [0.1, 0.15) is 11.4 Å². The molecule has 0 saturated carbocycles. The lowest BCUT2D eigenvalue weighted by molar-refractivity contribution is 0.0670. The van der Waals surface area contributed by atoms with Gasteiger partial charge in [0, 0.05) is 0 Å². The van der Waals surface area contributed by atoms with Crippen molar-refractivity contribution in [1.29, 1.82) is 0 Å². The third-order valence-corrected chi connectivity index (χ3v) is 5.16. The number of rotatable bonds is 4. The van der Waals surface area contributed by atoms with Crippen LogP contribution in [0.5, 0.6) is 5.75 Å². The summed E-state index contributed by atoms with van der Waals surface area (Å²) in [5, 5.41) is 3.27. The van der Waals surface area contributed by atoms with E-state index in [9.17, 15) is 8.42 Å². The second-order valence-electron chi connectivity index (χ2n) is 4.71. The number of hydrogen-bond acceptors (Lipinski definition) is 4. The number of ether oxygens (including phenoxy) is 1. The molecule has 0 aliphatic carbocycles. The Morgan fingerprint density at radius 1 is 1.37 bits per heavy atom. The SMILES string of the molecule is CCC1(CC)CNc2cc(S(=O)(=O)NC)ccc2O1. The Hall–Kier alpha value is -1.27. The molecule has 1 aliphatic heterocycles. The van der Waals surface area contributed by atoms with Crippen molar-refractivity contribution in [3.63, 3.8) is 0 Å². The summed E-state index contributed by atoms with van der Waals surface area (Å²) in [6.07, 6.45) is 1.82. The van der Waals surface area contributed by atoms with Gasteiger partial charge < -0.3 is 10.1 Å². The maximum atomic E-state index is 11.7. The predicted molar refractivity (Wildman–Crippen MR) is 75.1 cm³/mol. The van der Waals surface area contributed by atoms with Crippen molar-refractivity contribution in [2.75, 3.05) is 18.9 Å². The molecule has 0 aromatic heterocycles. The lowest BCUT2D eigenvalue weighted by atomic mass is 9.95. The van der Waals surface area contributed by atoms with E-state index in [0.29, 0.717) is 12.3 Å². The summed E-state index contributed by atoms with van der Waals surface area (Å²) in [7, 11) is -2.02. The van der Waals surface area contributed by atoms with E-state index in [-0.39, 0.29) is 10.5 Å². The fourth-order valence-electron chi connectivity index (χ4n) is 2.19. The van der Waals surface area contributed by atoms with Crippen LogP contribution in [0.2, 0.25) is 0 Å². The number of benzene rings is 1. The quantitative estimate of drug-likeness (QED) is 0.887. The number of fused-ring (bicyclic) bond motifs is 1. The van der Waals surface area contributed by atoms with Crippen LogP contribution >= 0.6 is 0 Å². The number of hydrogen-bond donors (Lipinski definition) is 2. The molecule has 1 aromatic carbocycles. The molecule has 2 rings (SSSR count). The van der Waals surface area contributed by atoms with E-state index in [1.54, 1.807) is 18.2 Å². The van der Waals surface area contributed by atoms with Crippen molar-refractivity contribution in [2.45, 2.75) is 37.2 Å². The average molecular weight is 284 g/mol. The minimum Gasteiger partial charge on any atom is -0.483 e. The molecule has 106 valence electrons. The molecule has 0 amide bonds. The maximum Gasteiger partial charge on any atom is 0.240 e. The molecule has 6 heteroatoms. The molecule has 0 bridgehead atoms. The maximum absolute atomic E-state index is 11.7. The van der Waals surface area contributed by atoms with Crippen LogP contribution in [0, 0.1) is 0 Å². The Morgan fingerprint density at radius 2 is 2.05 bits per heavy atom. The zero-order valence-corrected chi connectivity index (χ0v) is 12.3. The summed E-state index contributed by atoms with van der Waals surface area (Å²) in [5.74, 6) is 0.713. The molecule has 1 heterocycles. The molecule has 19 heavy (non-hydrogen) atoms. The first kappa shape index (κ1) is 14.1. The molecule has 0 radical (unpaired) electrons. The molecule has 1 aromatic rings. The fraction of sp³-hybridized carbons (Fsp3) is 0.538. The molecule has 0 saturated heterocycles. The highest BCUT2D eigenvalue weighted by atomic mass is 32.2. The third kappa shape index (κ3) is 2.55. The van der Waals surface area contributed by atoms with Gasteiger partial charge in [-0.15, -0.1) is 0 Å². The summed E-state index contributed by atoms with van der Waals surface area (Å²) >= 11 is 0. The molecule has 2 N–H and O–H groups in total. The smallest absolute Gasteiger partial charge is 0.240 e. The molecule has 0 unspecified atom stereocenters. The van der Waals surface area contributed by atoms with Crippen LogP contribution in [0.4, 0.5) is 5.69 Å². The van der Waals surface area contributed by atoms with Crippen molar-refractivity contribution in [1.82, 2.24) is 4.72 Å². The van der Waals surface area contributed by atoms with E-state index in [1.807, 2.05) is 0 Å². The summed E-state index contributed by atoms with van der Waals surface area (Å²) in [4.78, 5) is 0.241. The van der Waals surface area contributed by atoms with Gasteiger partial charge in [0.05, 0.1) is 17.1 Å².